The number of carbonyl (C=O) groups is 1. The smallest absolute Gasteiger partial charge is 0.246 e. The molecule has 1 aliphatic heterocycles. The van der Waals surface area contributed by atoms with Crippen molar-refractivity contribution < 1.29 is 29.6 Å². The Bertz CT molecular complexity index is 319. The lowest BCUT2D eigenvalue weighted by Gasteiger charge is -2.39. The maximum absolute atomic E-state index is 11.3. The van der Waals surface area contributed by atoms with E-state index in [0.717, 1.165) is 0 Å². The Balaban J connectivity index is 2.59. The summed E-state index contributed by atoms with van der Waals surface area (Å²) in [5.74, 6) is -0.375. The van der Waals surface area contributed by atoms with Crippen LogP contribution in [0.2, 0.25) is 0 Å². The van der Waals surface area contributed by atoms with Gasteiger partial charge in [0.05, 0.1) is 0 Å². The normalized spacial score (nSPS) is 36.2. The lowest BCUT2D eigenvalue weighted by Crippen LogP contribution is -2.60. The van der Waals surface area contributed by atoms with Crippen molar-refractivity contribution in [2.75, 3.05) is 13.7 Å². The van der Waals surface area contributed by atoms with E-state index in [2.05, 4.69) is 11.9 Å². The first-order valence-electron chi connectivity index (χ1n) is 5.54. The second kappa shape index (κ2) is 6.26. The van der Waals surface area contributed by atoms with Gasteiger partial charge in [-0.1, -0.05) is 6.58 Å². The zero-order valence-corrected chi connectivity index (χ0v) is 10.4. The summed E-state index contributed by atoms with van der Waals surface area (Å²) in [5.41, 5.74) is 0.323. The van der Waals surface area contributed by atoms with Gasteiger partial charge in [0.25, 0.3) is 0 Å². The van der Waals surface area contributed by atoms with Crippen LogP contribution in [0.4, 0.5) is 0 Å². The van der Waals surface area contributed by atoms with E-state index >= 15 is 0 Å². The highest BCUT2D eigenvalue weighted by Gasteiger charge is 2.43. The van der Waals surface area contributed by atoms with Crippen LogP contribution >= 0.6 is 0 Å². The number of rotatable bonds is 4. The van der Waals surface area contributed by atoms with Crippen LogP contribution in [0.3, 0.4) is 0 Å². The molecule has 0 spiro atoms. The summed E-state index contributed by atoms with van der Waals surface area (Å²) in [6, 6.07) is 0. The molecule has 1 rings (SSSR count). The number of nitrogens with one attached hydrogen (secondary N) is 1. The van der Waals surface area contributed by atoms with Gasteiger partial charge in [-0.15, -0.1) is 0 Å². The first-order chi connectivity index (χ1) is 8.38. The Labute approximate surface area is 105 Å². The van der Waals surface area contributed by atoms with Crippen molar-refractivity contribution in [3.05, 3.63) is 12.2 Å². The highest BCUT2D eigenvalue weighted by molar-refractivity contribution is 5.92. The van der Waals surface area contributed by atoms with Crippen molar-refractivity contribution >= 4 is 5.91 Å². The summed E-state index contributed by atoms with van der Waals surface area (Å²) < 4.78 is 10.1. The van der Waals surface area contributed by atoms with Crippen molar-refractivity contribution in [3.8, 4) is 0 Å². The third-order valence-corrected chi connectivity index (χ3v) is 2.75. The molecule has 104 valence electrons. The van der Waals surface area contributed by atoms with Gasteiger partial charge in [-0.25, -0.2) is 0 Å². The van der Waals surface area contributed by atoms with Crippen molar-refractivity contribution in [3.63, 3.8) is 0 Å². The van der Waals surface area contributed by atoms with E-state index in [0.29, 0.717) is 5.57 Å². The number of carbonyl (C=O) groups excluding carboxylic acids is 1. The lowest BCUT2D eigenvalue weighted by atomic mass is 9.99. The molecule has 7 heteroatoms. The molecule has 1 aliphatic rings. The lowest BCUT2D eigenvalue weighted by molar-refractivity contribution is -0.288. The minimum absolute atomic E-state index is 0.0174. The van der Waals surface area contributed by atoms with Crippen molar-refractivity contribution in [1.82, 2.24) is 5.32 Å². The summed E-state index contributed by atoms with van der Waals surface area (Å²) in [6.07, 6.45) is -5.95. The Morgan fingerprint density at radius 3 is 2.44 bits per heavy atom. The van der Waals surface area contributed by atoms with Gasteiger partial charge in [0.15, 0.2) is 6.29 Å². The highest BCUT2D eigenvalue weighted by Crippen LogP contribution is 2.21. The van der Waals surface area contributed by atoms with Crippen LogP contribution in [-0.4, -0.2) is 65.6 Å². The van der Waals surface area contributed by atoms with Gasteiger partial charge >= 0.3 is 0 Å². The number of hydrogen-bond acceptors (Lipinski definition) is 6. The van der Waals surface area contributed by atoms with Gasteiger partial charge in [-0.3, -0.25) is 4.79 Å². The highest BCUT2D eigenvalue weighted by atomic mass is 16.7. The van der Waals surface area contributed by atoms with Gasteiger partial charge in [0.1, 0.15) is 24.4 Å². The summed E-state index contributed by atoms with van der Waals surface area (Å²) in [6.45, 7) is 4.99. The Hall–Kier alpha value is -0.990. The number of hydrogen-bond donors (Lipinski definition) is 4. The molecule has 0 saturated carbocycles. The molecular weight excluding hydrogens is 242 g/mol. The van der Waals surface area contributed by atoms with Crippen molar-refractivity contribution in [1.29, 1.82) is 0 Å². The van der Waals surface area contributed by atoms with Crippen LogP contribution in [0, 0.1) is 0 Å². The van der Waals surface area contributed by atoms with Gasteiger partial charge in [0.2, 0.25) is 5.91 Å². The fraction of sp³-hybridized carbons (Fsp3) is 0.727. The first-order valence-corrected chi connectivity index (χ1v) is 5.54. The molecule has 2 unspecified atom stereocenters. The van der Waals surface area contributed by atoms with E-state index < -0.39 is 30.7 Å². The quantitative estimate of drug-likeness (QED) is 0.442. The second-order valence-electron chi connectivity index (χ2n) is 4.24. The molecule has 5 atom stereocenters. The molecule has 0 aromatic carbocycles. The van der Waals surface area contributed by atoms with Crippen LogP contribution in [-0.2, 0) is 14.3 Å². The standard InChI is InChI=1S/C11H19NO6/c1-5(2)10(16)12-4-6-7(13)8(14)9(15)11(17-3)18-6/h6-9,11,13-15H,1,4H2,2-3H3,(H,12,16)/t6?,7-,8?,9+,11-/m1/s1. The molecule has 18 heavy (non-hydrogen) atoms. The Morgan fingerprint density at radius 1 is 1.33 bits per heavy atom. The number of methoxy groups -OCH3 is 1. The molecule has 1 heterocycles. The third-order valence-electron chi connectivity index (χ3n) is 2.75. The average molecular weight is 261 g/mol. The molecule has 0 aromatic heterocycles. The zero-order valence-electron chi connectivity index (χ0n) is 10.4. The number of amides is 1. The number of aliphatic hydroxyl groups excluding tert-OH is 3. The molecule has 0 aliphatic carbocycles. The average Bonchev–Trinajstić information content (AvgIpc) is 2.34. The fourth-order valence-electron chi connectivity index (χ4n) is 1.62. The maximum Gasteiger partial charge on any atom is 0.246 e. The molecule has 7 nitrogen and oxygen atoms in total. The summed E-state index contributed by atoms with van der Waals surface area (Å²) in [5, 5.41) is 31.3. The third kappa shape index (κ3) is 3.27. The summed E-state index contributed by atoms with van der Waals surface area (Å²) >= 11 is 0. The van der Waals surface area contributed by atoms with Crippen molar-refractivity contribution in [2.24, 2.45) is 0 Å². The van der Waals surface area contributed by atoms with Crippen LogP contribution in [0.5, 0.6) is 0 Å². The minimum atomic E-state index is -1.39. The van der Waals surface area contributed by atoms with E-state index in [-0.39, 0.29) is 12.5 Å². The maximum atomic E-state index is 11.3. The second-order valence-corrected chi connectivity index (χ2v) is 4.24. The Kier molecular flexibility index (Phi) is 5.24. The molecule has 0 radical (unpaired) electrons. The largest absolute Gasteiger partial charge is 0.388 e. The summed E-state index contributed by atoms with van der Waals surface area (Å²) in [4.78, 5) is 11.3. The van der Waals surface area contributed by atoms with Crippen LogP contribution in [0.1, 0.15) is 6.92 Å². The monoisotopic (exact) mass is 261 g/mol. The van der Waals surface area contributed by atoms with Gasteiger partial charge < -0.3 is 30.1 Å². The zero-order chi connectivity index (χ0) is 13.9. The van der Waals surface area contributed by atoms with Gasteiger partial charge in [0, 0.05) is 19.2 Å². The predicted octanol–water partition coefficient (Wildman–Crippen LogP) is -1.87. The van der Waals surface area contributed by atoms with Crippen LogP contribution in [0.15, 0.2) is 12.2 Å². The van der Waals surface area contributed by atoms with Crippen molar-refractivity contribution in [2.45, 2.75) is 37.6 Å². The molecule has 0 bridgehead atoms. The van der Waals surface area contributed by atoms with E-state index in [1.54, 1.807) is 6.92 Å². The number of aliphatic hydroxyl groups is 3. The van der Waals surface area contributed by atoms with Gasteiger partial charge in [-0.05, 0) is 6.92 Å². The number of ether oxygens (including phenoxy) is 2. The molecule has 1 saturated heterocycles. The molecule has 1 amide bonds. The van der Waals surface area contributed by atoms with Crippen LogP contribution < -0.4 is 5.32 Å². The van der Waals surface area contributed by atoms with Gasteiger partial charge in [-0.2, -0.15) is 0 Å². The molecular formula is C11H19NO6. The topological polar surface area (TPSA) is 108 Å². The molecule has 4 N–H and O–H groups in total. The van der Waals surface area contributed by atoms with E-state index in [1.165, 1.54) is 7.11 Å². The van der Waals surface area contributed by atoms with E-state index in [9.17, 15) is 20.1 Å². The summed E-state index contributed by atoms with van der Waals surface area (Å²) in [7, 11) is 1.31. The van der Waals surface area contributed by atoms with E-state index in [1.807, 2.05) is 0 Å². The molecule has 1 fully saturated rings. The first kappa shape index (κ1) is 15.1. The minimum Gasteiger partial charge on any atom is -0.388 e. The SMILES string of the molecule is C=C(C)C(=O)NCC1O[C@@H](OC)[C@@H](O)C(O)[C@@H]1O. The fourth-order valence-corrected chi connectivity index (χ4v) is 1.62. The van der Waals surface area contributed by atoms with Crippen LogP contribution in [0.25, 0.3) is 0 Å². The predicted molar refractivity (Wildman–Crippen MR) is 61.5 cm³/mol. The van der Waals surface area contributed by atoms with E-state index in [4.69, 9.17) is 9.47 Å². The molecule has 0 aromatic rings. The Morgan fingerprint density at radius 2 is 1.94 bits per heavy atom.